The second-order valence-electron chi connectivity index (χ2n) is 6.01. The van der Waals surface area contributed by atoms with E-state index in [0.29, 0.717) is 5.02 Å². The standard InChI is InChI=1S/C16H25BrClNO/c1-16(2,3)19-10-6-4-5-7-11-20-15-12-13(17)8-9-14(15)18/h8-9,12,19H,4-7,10-11H2,1-3H3. The van der Waals surface area contributed by atoms with Crippen LogP contribution in [0, 0.1) is 0 Å². The molecule has 0 unspecified atom stereocenters. The van der Waals surface area contributed by atoms with Crippen LogP contribution in [0.2, 0.25) is 5.02 Å². The van der Waals surface area contributed by atoms with Crippen LogP contribution in [0.4, 0.5) is 0 Å². The minimum absolute atomic E-state index is 0.223. The van der Waals surface area contributed by atoms with Gasteiger partial charge in [-0.1, -0.05) is 40.4 Å². The summed E-state index contributed by atoms with van der Waals surface area (Å²) in [7, 11) is 0. The summed E-state index contributed by atoms with van der Waals surface area (Å²) in [6.07, 6.45) is 4.71. The fraction of sp³-hybridized carbons (Fsp3) is 0.625. The SMILES string of the molecule is CC(C)(C)NCCCCCCOc1cc(Br)ccc1Cl. The van der Waals surface area contributed by atoms with Crippen LogP contribution >= 0.6 is 27.5 Å². The summed E-state index contributed by atoms with van der Waals surface area (Å²) in [6.45, 7) is 8.40. The number of halogens is 2. The Morgan fingerprint density at radius 1 is 1.15 bits per heavy atom. The Hall–Kier alpha value is -0.250. The first kappa shape index (κ1) is 17.8. The minimum Gasteiger partial charge on any atom is -0.492 e. The molecule has 0 atom stereocenters. The highest BCUT2D eigenvalue weighted by Crippen LogP contribution is 2.28. The summed E-state index contributed by atoms with van der Waals surface area (Å²) in [6, 6.07) is 5.67. The van der Waals surface area contributed by atoms with E-state index in [0.717, 1.165) is 29.8 Å². The van der Waals surface area contributed by atoms with E-state index in [2.05, 4.69) is 42.0 Å². The third kappa shape index (κ3) is 8.13. The lowest BCUT2D eigenvalue weighted by molar-refractivity contribution is 0.303. The Bertz CT molecular complexity index is 404. The molecule has 1 rings (SSSR count). The molecular weight excluding hydrogens is 338 g/mol. The van der Waals surface area contributed by atoms with Crippen molar-refractivity contribution in [3.8, 4) is 5.75 Å². The smallest absolute Gasteiger partial charge is 0.139 e. The third-order valence-corrected chi connectivity index (χ3v) is 3.68. The fourth-order valence-corrected chi connectivity index (χ4v) is 2.33. The van der Waals surface area contributed by atoms with Crippen LogP contribution in [0.3, 0.4) is 0 Å². The maximum atomic E-state index is 6.07. The molecule has 0 amide bonds. The fourth-order valence-electron chi connectivity index (χ4n) is 1.81. The van der Waals surface area contributed by atoms with Crippen LogP contribution in [0.1, 0.15) is 46.5 Å². The van der Waals surface area contributed by atoms with E-state index in [1.54, 1.807) is 0 Å². The molecule has 0 fully saturated rings. The van der Waals surface area contributed by atoms with Crippen molar-refractivity contribution in [1.29, 1.82) is 0 Å². The van der Waals surface area contributed by atoms with Crippen molar-refractivity contribution in [3.05, 3.63) is 27.7 Å². The highest BCUT2D eigenvalue weighted by molar-refractivity contribution is 9.10. The van der Waals surface area contributed by atoms with E-state index in [1.165, 1.54) is 19.3 Å². The monoisotopic (exact) mass is 361 g/mol. The van der Waals surface area contributed by atoms with Crippen molar-refractivity contribution in [2.75, 3.05) is 13.2 Å². The molecule has 2 nitrogen and oxygen atoms in total. The van der Waals surface area contributed by atoms with Crippen LogP contribution < -0.4 is 10.1 Å². The highest BCUT2D eigenvalue weighted by atomic mass is 79.9. The lowest BCUT2D eigenvalue weighted by Gasteiger charge is -2.20. The molecular formula is C16H25BrClNO. The number of rotatable bonds is 8. The van der Waals surface area contributed by atoms with Gasteiger partial charge in [0.15, 0.2) is 0 Å². The van der Waals surface area contributed by atoms with Crippen molar-refractivity contribution in [2.45, 2.75) is 52.0 Å². The summed E-state index contributed by atoms with van der Waals surface area (Å²) >= 11 is 9.48. The molecule has 0 aliphatic rings. The molecule has 0 aromatic heterocycles. The topological polar surface area (TPSA) is 21.3 Å². The second kappa shape index (κ2) is 8.91. The molecule has 114 valence electrons. The van der Waals surface area contributed by atoms with Crippen LogP contribution in [-0.4, -0.2) is 18.7 Å². The van der Waals surface area contributed by atoms with Crippen molar-refractivity contribution < 1.29 is 4.74 Å². The Morgan fingerprint density at radius 2 is 1.85 bits per heavy atom. The van der Waals surface area contributed by atoms with Gasteiger partial charge in [-0.3, -0.25) is 0 Å². The van der Waals surface area contributed by atoms with E-state index < -0.39 is 0 Å². The molecule has 0 radical (unpaired) electrons. The highest BCUT2D eigenvalue weighted by Gasteiger charge is 2.07. The minimum atomic E-state index is 0.223. The first-order valence-corrected chi connectivity index (χ1v) is 8.38. The Balaban J connectivity index is 2.06. The molecule has 20 heavy (non-hydrogen) atoms. The Kier molecular flexibility index (Phi) is 7.93. The van der Waals surface area contributed by atoms with Crippen LogP contribution in [0.15, 0.2) is 22.7 Å². The summed E-state index contributed by atoms with van der Waals surface area (Å²) < 4.78 is 6.69. The number of nitrogens with one attached hydrogen (secondary N) is 1. The number of ether oxygens (including phenoxy) is 1. The summed E-state index contributed by atoms with van der Waals surface area (Å²) in [4.78, 5) is 0. The number of unbranched alkanes of at least 4 members (excludes halogenated alkanes) is 3. The van der Waals surface area contributed by atoms with Crippen LogP contribution in [0.5, 0.6) is 5.75 Å². The molecule has 0 bridgehead atoms. The predicted molar refractivity (Wildman–Crippen MR) is 90.9 cm³/mol. The Labute approximate surface area is 136 Å². The van der Waals surface area contributed by atoms with E-state index in [9.17, 15) is 0 Å². The zero-order valence-corrected chi connectivity index (χ0v) is 15.0. The van der Waals surface area contributed by atoms with Crippen molar-refractivity contribution in [2.24, 2.45) is 0 Å². The average Bonchev–Trinajstić information content (AvgIpc) is 2.35. The van der Waals surface area contributed by atoms with E-state index in [-0.39, 0.29) is 5.54 Å². The molecule has 1 aromatic carbocycles. The van der Waals surface area contributed by atoms with Gasteiger partial charge >= 0.3 is 0 Å². The van der Waals surface area contributed by atoms with Gasteiger partial charge in [0.2, 0.25) is 0 Å². The van der Waals surface area contributed by atoms with E-state index in [1.807, 2.05) is 18.2 Å². The number of hydrogen-bond acceptors (Lipinski definition) is 2. The molecule has 0 saturated carbocycles. The lowest BCUT2D eigenvalue weighted by Crippen LogP contribution is -2.36. The summed E-state index contributed by atoms with van der Waals surface area (Å²) in [5.41, 5.74) is 0.223. The third-order valence-electron chi connectivity index (χ3n) is 2.88. The van der Waals surface area contributed by atoms with E-state index >= 15 is 0 Å². The van der Waals surface area contributed by atoms with Crippen molar-refractivity contribution in [1.82, 2.24) is 5.32 Å². The molecule has 0 spiro atoms. The van der Waals surface area contributed by atoms with Gasteiger partial charge in [-0.15, -0.1) is 0 Å². The lowest BCUT2D eigenvalue weighted by atomic mass is 10.1. The van der Waals surface area contributed by atoms with Gasteiger partial charge in [-0.25, -0.2) is 0 Å². The summed E-state index contributed by atoms with van der Waals surface area (Å²) in [5, 5.41) is 4.17. The molecule has 0 saturated heterocycles. The molecule has 0 heterocycles. The van der Waals surface area contributed by atoms with Crippen LogP contribution in [0.25, 0.3) is 0 Å². The number of benzene rings is 1. The van der Waals surface area contributed by atoms with Gasteiger partial charge in [-0.2, -0.15) is 0 Å². The Morgan fingerprint density at radius 3 is 2.55 bits per heavy atom. The quantitative estimate of drug-likeness (QED) is 0.623. The normalized spacial score (nSPS) is 11.7. The zero-order chi connectivity index (χ0) is 15.0. The zero-order valence-electron chi connectivity index (χ0n) is 12.6. The van der Waals surface area contributed by atoms with Gasteiger partial charge in [0.05, 0.1) is 11.6 Å². The van der Waals surface area contributed by atoms with Gasteiger partial charge < -0.3 is 10.1 Å². The maximum Gasteiger partial charge on any atom is 0.139 e. The van der Waals surface area contributed by atoms with Crippen molar-refractivity contribution in [3.63, 3.8) is 0 Å². The van der Waals surface area contributed by atoms with Crippen LogP contribution in [-0.2, 0) is 0 Å². The predicted octanol–water partition coefficient (Wildman–Crippen LogP) is 5.43. The molecule has 0 aliphatic carbocycles. The largest absolute Gasteiger partial charge is 0.492 e. The molecule has 1 aromatic rings. The van der Waals surface area contributed by atoms with Gasteiger partial charge in [0.1, 0.15) is 5.75 Å². The summed E-state index contributed by atoms with van der Waals surface area (Å²) in [5.74, 6) is 0.760. The second-order valence-corrected chi connectivity index (χ2v) is 7.34. The maximum absolute atomic E-state index is 6.07. The van der Waals surface area contributed by atoms with Gasteiger partial charge in [0, 0.05) is 10.0 Å². The first-order valence-electron chi connectivity index (χ1n) is 7.21. The molecule has 0 aliphatic heterocycles. The van der Waals surface area contributed by atoms with Gasteiger partial charge in [0.25, 0.3) is 0 Å². The van der Waals surface area contributed by atoms with Crippen molar-refractivity contribution >= 4 is 27.5 Å². The van der Waals surface area contributed by atoms with E-state index in [4.69, 9.17) is 16.3 Å². The van der Waals surface area contributed by atoms with Gasteiger partial charge in [-0.05, 0) is 58.4 Å². The molecule has 4 heteroatoms. The number of hydrogen-bond donors (Lipinski definition) is 1. The molecule has 1 N–H and O–H groups in total. The average molecular weight is 363 g/mol. The first-order chi connectivity index (χ1) is 9.38.